The van der Waals surface area contributed by atoms with Crippen LogP contribution < -0.4 is 10.6 Å². The molecule has 0 heterocycles. The van der Waals surface area contributed by atoms with Crippen LogP contribution in [0.15, 0.2) is 72.8 Å². The quantitative estimate of drug-likeness (QED) is 0.343. The fourth-order valence-electron chi connectivity index (χ4n) is 3.18. The van der Waals surface area contributed by atoms with Crippen molar-refractivity contribution in [2.24, 2.45) is 0 Å². The standard InChI is InChI=1S/C24H22N4O7/c1-16-7-10-20(28(33)34)14-21(16)25-23(29)22(13-17-8-11-19(12-9-17)27(31)32)26-24(30)35-15-18-5-3-2-4-6-18/h2-12,14,22H,13,15H2,1H3,(H,25,29)(H,26,30)/t22-/m1/s1. The summed E-state index contributed by atoms with van der Waals surface area (Å²) in [5.74, 6) is -0.636. The molecule has 0 aliphatic rings. The second-order valence-electron chi connectivity index (χ2n) is 7.63. The van der Waals surface area contributed by atoms with E-state index in [1.54, 1.807) is 31.2 Å². The molecule has 1 atom stereocenters. The average molecular weight is 478 g/mol. The second-order valence-corrected chi connectivity index (χ2v) is 7.63. The molecule has 0 unspecified atom stereocenters. The number of non-ortho nitro benzene ring substituents is 2. The number of alkyl carbamates (subject to hydrolysis) is 1. The van der Waals surface area contributed by atoms with Crippen LogP contribution in [-0.4, -0.2) is 27.9 Å². The maximum absolute atomic E-state index is 13.1. The molecular weight excluding hydrogens is 456 g/mol. The third-order valence-corrected chi connectivity index (χ3v) is 5.10. The van der Waals surface area contributed by atoms with Crippen LogP contribution in [0.25, 0.3) is 0 Å². The van der Waals surface area contributed by atoms with Crippen LogP contribution in [0.4, 0.5) is 21.9 Å². The van der Waals surface area contributed by atoms with Crippen molar-refractivity contribution in [3.63, 3.8) is 0 Å². The largest absolute Gasteiger partial charge is 0.445 e. The predicted molar refractivity (Wildman–Crippen MR) is 127 cm³/mol. The number of carbonyl (C=O) groups excluding carboxylic acids is 2. The highest BCUT2D eigenvalue weighted by Crippen LogP contribution is 2.22. The minimum absolute atomic E-state index is 0.00175. The van der Waals surface area contributed by atoms with E-state index in [2.05, 4.69) is 10.6 Å². The monoisotopic (exact) mass is 478 g/mol. The summed E-state index contributed by atoms with van der Waals surface area (Å²) < 4.78 is 5.21. The molecule has 2 amide bonds. The van der Waals surface area contributed by atoms with Crippen molar-refractivity contribution in [2.75, 3.05) is 5.32 Å². The van der Waals surface area contributed by atoms with E-state index in [0.717, 1.165) is 5.56 Å². The van der Waals surface area contributed by atoms with Gasteiger partial charge in [0.15, 0.2) is 0 Å². The first kappa shape index (κ1) is 24.8. The van der Waals surface area contributed by atoms with Gasteiger partial charge in [-0.1, -0.05) is 48.5 Å². The third-order valence-electron chi connectivity index (χ3n) is 5.10. The van der Waals surface area contributed by atoms with E-state index in [4.69, 9.17) is 4.74 Å². The first-order chi connectivity index (χ1) is 16.7. The highest BCUT2D eigenvalue weighted by atomic mass is 16.6. The molecule has 180 valence electrons. The second kappa shape index (κ2) is 11.4. The molecule has 35 heavy (non-hydrogen) atoms. The van der Waals surface area contributed by atoms with Crippen molar-refractivity contribution in [3.8, 4) is 0 Å². The molecule has 2 N–H and O–H groups in total. The van der Waals surface area contributed by atoms with Gasteiger partial charge in [0.25, 0.3) is 11.4 Å². The van der Waals surface area contributed by atoms with Gasteiger partial charge in [-0.15, -0.1) is 0 Å². The number of rotatable bonds is 9. The number of anilines is 1. The average Bonchev–Trinajstić information content (AvgIpc) is 2.84. The van der Waals surface area contributed by atoms with Gasteiger partial charge in [0, 0.05) is 30.7 Å². The van der Waals surface area contributed by atoms with Crippen molar-refractivity contribution in [2.45, 2.75) is 26.0 Å². The summed E-state index contributed by atoms with van der Waals surface area (Å²) in [5.41, 5.74) is 1.80. The maximum Gasteiger partial charge on any atom is 0.408 e. The van der Waals surface area contributed by atoms with Gasteiger partial charge in [0.2, 0.25) is 5.91 Å². The Hall–Kier alpha value is -4.80. The van der Waals surface area contributed by atoms with Gasteiger partial charge in [0.05, 0.1) is 15.5 Å². The Morgan fingerprint density at radius 1 is 0.886 bits per heavy atom. The van der Waals surface area contributed by atoms with E-state index in [0.29, 0.717) is 11.1 Å². The van der Waals surface area contributed by atoms with E-state index in [1.165, 1.54) is 42.5 Å². The molecule has 0 saturated carbocycles. The van der Waals surface area contributed by atoms with Gasteiger partial charge in [-0.05, 0) is 23.6 Å². The van der Waals surface area contributed by atoms with Crippen LogP contribution in [0, 0.1) is 27.2 Å². The Morgan fingerprint density at radius 2 is 1.51 bits per heavy atom. The molecule has 3 rings (SSSR count). The van der Waals surface area contributed by atoms with Crippen molar-refractivity contribution < 1.29 is 24.2 Å². The van der Waals surface area contributed by atoms with E-state index in [-0.39, 0.29) is 30.1 Å². The van der Waals surface area contributed by atoms with Gasteiger partial charge < -0.3 is 15.4 Å². The number of nitro groups is 2. The summed E-state index contributed by atoms with van der Waals surface area (Å²) in [6, 6.07) is 17.4. The summed E-state index contributed by atoms with van der Waals surface area (Å²) in [6.07, 6.45) is -0.843. The van der Waals surface area contributed by atoms with Gasteiger partial charge in [0.1, 0.15) is 12.6 Å². The van der Waals surface area contributed by atoms with Crippen LogP contribution in [0.2, 0.25) is 0 Å². The summed E-state index contributed by atoms with van der Waals surface area (Å²) in [5, 5.41) is 27.1. The van der Waals surface area contributed by atoms with Crippen molar-refractivity contribution in [1.29, 1.82) is 0 Å². The number of nitrogens with one attached hydrogen (secondary N) is 2. The topological polar surface area (TPSA) is 154 Å². The van der Waals surface area contributed by atoms with Crippen LogP contribution in [-0.2, 0) is 22.6 Å². The summed E-state index contributed by atoms with van der Waals surface area (Å²) in [7, 11) is 0. The molecule has 0 saturated heterocycles. The van der Waals surface area contributed by atoms with E-state index in [9.17, 15) is 29.8 Å². The zero-order valence-electron chi connectivity index (χ0n) is 18.7. The fourth-order valence-corrected chi connectivity index (χ4v) is 3.18. The first-order valence-corrected chi connectivity index (χ1v) is 10.5. The summed E-state index contributed by atoms with van der Waals surface area (Å²) >= 11 is 0. The molecular formula is C24H22N4O7. The lowest BCUT2D eigenvalue weighted by molar-refractivity contribution is -0.385. The van der Waals surface area contributed by atoms with Crippen molar-refractivity contribution in [3.05, 3.63) is 110 Å². The lowest BCUT2D eigenvalue weighted by Gasteiger charge is -2.19. The van der Waals surface area contributed by atoms with Crippen LogP contribution in [0.5, 0.6) is 0 Å². The van der Waals surface area contributed by atoms with Gasteiger partial charge in [-0.3, -0.25) is 25.0 Å². The van der Waals surface area contributed by atoms with E-state index < -0.39 is 27.9 Å². The minimum atomic E-state index is -1.13. The first-order valence-electron chi connectivity index (χ1n) is 10.5. The third kappa shape index (κ3) is 7.09. The van der Waals surface area contributed by atoms with Crippen LogP contribution in [0.1, 0.15) is 16.7 Å². The molecule has 0 fully saturated rings. The number of hydrogen-bond acceptors (Lipinski definition) is 7. The number of hydrogen-bond donors (Lipinski definition) is 2. The normalized spacial score (nSPS) is 11.2. The number of aryl methyl sites for hydroxylation is 1. The van der Waals surface area contributed by atoms with Crippen molar-refractivity contribution >= 4 is 29.1 Å². The molecule has 0 aliphatic carbocycles. The number of benzene rings is 3. The van der Waals surface area contributed by atoms with Gasteiger partial charge in [-0.2, -0.15) is 0 Å². The van der Waals surface area contributed by atoms with Gasteiger partial charge in [-0.25, -0.2) is 4.79 Å². The number of nitrogens with zero attached hydrogens (tertiary/aromatic N) is 2. The number of carbonyl (C=O) groups is 2. The Bertz CT molecular complexity index is 1230. The zero-order valence-corrected chi connectivity index (χ0v) is 18.7. The smallest absolute Gasteiger partial charge is 0.408 e. The fraction of sp³-hybridized carbons (Fsp3) is 0.167. The van der Waals surface area contributed by atoms with Crippen molar-refractivity contribution in [1.82, 2.24) is 5.32 Å². The number of nitro benzene ring substituents is 2. The lowest BCUT2D eigenvalue weighted by Crippen LogP contribution is -2.45. The number of amides is 2. The molecule has 0 bridgehead atoms. The zero-order chi connectivity index (χ0) is 25.4. The van der Waals surface area contributed by atoms with Crippen LogP contribution >= 0.6 is 0 Å². The predicted octanol–water partition coefficient (Wildman–Crippen LogP) is 4.29. The molecule has 11 nitrogen and oxygen atoms in total. The lowest BCUT2D eigenvalue weighted by atomic mass is 10.0. The maximum atomic E-state index is 13.1. The highest BCUT2D eigenvalue weighted by Gasteiger charge is 2.24. The molecule has 0 aliphatic heterocycles. The summed E-state index contributed by atoms with van der Waals surface area (Å²) in [4.78, 5) is 46.4. The molecule has 3 aromatic rings. The Kier molecular flexibility index (Phi) is 8.06. The SMILES string of the molecule is Cc1ccc([N+](=O)[O-])cc1NC(=O)[C@@H](Cc1ccc([N+](=O)[O-])cc1)NC(=O)OCc1ccccc1. The van der Waals surface area contributed by atoms with E-state index in [1.807, 2.05) is 6.07 Å². The van der Waals surface area contributed by atoms with Crippen LogP contribution in [0.3, 0.4) is 0 Å². The molecule has 0 radical (unpaired) electrons. The summed E-state index contributed by atoms with van der Waals surface area (Å²) in [6.45, 7) is 1.66. The Morgan fingerprint density at radius 3 is 2.14 bits per heavy atom. The minimum Gasteiger partial charge on any atom is -0.445 e. The molecule has 0 spiro atoms. The van der Waals surface area contributed by atoms with E-state index >= 15 is 0 Å². The Labute approximate surface area is 200 Å². The molecule has 0 aromatic heterocycles. The van der Waals surface area contributed by atoms with Gasteiger partial charge >= 0.3 is 6.09 Å². The Balaban J connectivity index is 1.77. The highest BCUT2D eigenvalue weighted by molar-refractivity contribution is 5.97. The number of ether oxygens (including phenoxy) is 1. The molecule has 3 aromatic carbocycles. The molecule has 11 heteroatoms.